The summed E-state index contributed by atoms with van der Waals surface area (Å²) in [7, 11) is 0. The molecule has 2 N–H and O–H groups in total. The van der Waals surface area contributed by atoms with Gasteiger partial charge in [0.15, 0.2) is 10.8 Å². The van der Waals surface area contributed by atoms with Gasteiger partial charge in [-0.1, -0.05) is 0 Å². The van der Waals surface area contributed by atoms with Crippen LogP contribution in [-0.4, -0.2) is 38.1 Å². The number of hydrogen-bond acceptors (Lipinski definition) is 7. The van der Waals surface area contributed by atoms with Crippen molar-refractivity contribution < 1.29 is 13.6 Å². The molecule has 1 amide bonds. The maximum Gasteiger partial charge on any atom is 0.275 e. The molecule has 1 atom stereocenters. The first-order valence-corrected chi connectivity index (χ1v) is 11.9. The van der Waals surface area contributed by atoms with Crippen molar-refractivity contribution >= 4 is 39.5 Å². The number of carbonyl (C=O) groups is 1. The van der Waals surface area contributed by atoms with Crippen LogP contribution in [0.5, 0.6) is 0 Å². The van der Waals surface area contributed by atoms with Gasteiger partial charge in [-0.25, -0.2) is 23.3 Å². The SMILES string of the molecule is CC(C)Nc1nc(C(=O)Nc2cnn3ccc(N4CCC[C@@H]4c4cc(F)ccc4F)nc23)cs1. The van der Waals surface area contributed by atoms with Crippen molar-refractivity contribution in [1.82, 2.24) is 19.6 Å². The Hall–Kier alpha value is -3.60. The lowest BCUT2D eigenvalue weighted by Crippen LogP contribution is -2.24. The standard InChI is InChI=1S/C23H23F2N7OS/c1-13(2)27-23-29-18(12-34-23)22(33)28-17-11-26-32-9-7-20(30-21(17)32)31-8-3-4-19(31)15-10-14(24)5-6-16(15)25/h5-7,9-13,19H,3-4,8H2,1-2H3,(H,27,29)(H,28,33)/t19-/m1/s1. The van der Waals surface area contributed by atoms with E-state index in [4.69, 9.17) is 4.98 Å². The molecule has 0 spiro atoms. The van der Waals surface area contributed by atoms with E-state index < -0.39 is 11.6 Å². The second kappa shape index (κ2) is 8.98. The lowest BCUT2D eigenvalue weighted by atomic mass is 10.0. The molecule has 34 heavy (non-hydrogen) atoms. The summed E-state index contributed by atoms with van der Waals surface area (Å²) < 4.78 is 29.8. The van der Waals surface area contributed by atoms with Crippen molar-refractivity contribution in [1.29, 1.82) is 0 Å². The zero-order chi connectivity index (χ0) is 23.8. The average Bonchev–Trinajstić information content (AvgIpc) is 3.55. The van der Waals surface area contributed by atoms with Gasteiger partial charge in [0.25, 0.3) is 5.91 Å². The molecule has 0 aliphatic carbocycles. The Balaban J connectivity index is 1.41. The molecule has 3 aromatic heterocycles. The summed E-state index contributed by atoms with van der Waals surface area (Å²) in [4.78, 5) is 23.7. The lowest BCUT2D eigenvalue weighted by Gasteiger charge is -2.26. The van der Waals surface area contributed by atoms with Crippen LogP contribution in [0.4, 0.5) is 25.4 Å². The molecule has 176 valence electrons. The fourth-order valence-corrected chi connectivity index (χ4v) is 4.96. The van der Waals surface area contributed by atoms with Gasteiger partial charge < -0.3 is 15.5 Å². The highest BCUT2D eigenvalue weighted by atomic mass is 32.1. The smallest absolute Gasteiger partial charge is 0.275 e. The van der Waals surface area contributed by atoms with Crippen LogP contribution in [0.1, 0.15) is 48.8 Å². The maximum atomic E-state index is 14.5. The molecule has 0 bridgehead atoms. The first-order chi connectivity index (χ1) is 16.4. The van der Waals surface area contributed by atoms with Crippen LogP contribution in [0.15, 0.2) is 42.0 Å². The summed E-state index contributed by atoms with van der Waals surface area (Å²) >= 11 is 1.36. The minimum Gasteiger partial charge on any atom is -0.359 e. The van der Waals surface area contributed by atoms with Crippen molar-refractivity contribution in [2.24, 2.45) is 0 Å². The molecule has 8 nitrogen and oxygen atoms in total. The van der Waals surface area contributed by atoms with Gasteiger partial charge in [-0.15, -0.1) is 11.3 Å². The number of fused-ring (bicyclic) bond motifs is 1. The fourth-order valence-electron chi connectivity index (χ4n) is 4.12. The second-order valence-corrected chi connectivity index (χ2v) is 9.28. The predicted molar refractivity (Wildman–Crippen MR) is 127 cm³/mol. The number of carbonyl (C=O) groups excluding carboxylic acids is 1. The summed E-state index contributed by atoms with van der Waals surface area (Å²) in [5.41, 5.74) is 1.50. The van der Waals surface area contributed by atoms with E-state index in [0.717, 1.165) is 18.6 Å². The van der Waals surface area contributed by atoms with Crippen LogP contribution in [0.2, 0.25) is 0 Å². The van der Waals surface area contributed by atoms with E-state index in [1.54, 1.807) is 22.2 Å². The van der Waals surface area contributed by atoms with Gasteiger partial charge in [0.05, 0.1) is 12.2 Å². The van der Waals surface area contributed by atoms with Crippen LogP contribution >= 0.6 is 11.3 Å². The summed E-state index contributed by atoms with van der Waals surface area (Å²) in [6.45, 7) is 4.65. The molecule has 1 aromatic carbocycles. The number of anilines is 3. The zero-order valence-electron chi connectivity index (χ0n) is 18.6. The third kappa shape index (κ3) is 4.30. The van der Waals surface area contributed by atoms with Crippen LogP contribution < -0.4 is 15.5 Å². The molecule has 1 saturated heterocycles. The molecule has 4 aromatic rings. The van der Waals surface area contributed by atoms with E-state index in [1.807, 2.05) is 18.7 Å². The number of amides is 1. The molecular weight excluding hydrogens is 460 g/mol. The number of hydrogen-bond donors (Lipinski definition) is 2. The highest BCUT2D eigenvalue weighted by Crippen LogP contribution is 2.37. The molecular formula is C23H23F2N7OS. The largest absolute Gasteiger partial charge is 0.359 e. The molecule has 0 saturated carbocycles. The molecule has 0 unspecified atom stereocenters. The van der Waals surface area contributed by atoms with Crippen LogP contribution in [0.25, 0.3) is 5.65 Å². The van der Waals surface area contributed by atoms with E-state index in [9.17, 15) is 13.6 Å². The number of benzene rings is 1. The van der Waals surface area contributed by atoms with Gasteiger partial charge in [0, 0.05) is 29.7 Å². The van der Waals surface area contributed by atoms with Gasteiger partial charge in [0.2, 0.25) is 0 Å². The molecule has 4 heterocycles. The number of halogens is 2. The summed E-state index contributed by atoms with van der Waals surface area (Å²) in [5.74, 6) is -0.671. The zero-order valence-corrected chi connectivity index (χ0v) is 19.4. The van der Waals surface area contributed by atoms with E-state index >= 15 is 0 Å². The summed E-state index contributed by atoms with van der Waals surface area (Å²) in [6, 6.07) is 5.19. The van der Waals surface area contributed by atoms with Crippen LogP contribution in [0, 0.1) is 11.6 Å². The Morgan fingerprint density at radius 3 is 2.91 bits per heavy atom. The predicted octanol–water partition coefficient (Wildman–Crippen LogP) is 4.88. The number of nitrogens with one attached hydrogen (secondary N) is 2. The first-order valence-electron chi connectivity index (χ1n) is 11.0. The van der Waals surface area contributed by atoms with Crippen molar-refractivity contribution in [3.05, 3.63) is 64.9 Å². The van der Waals surface area contributed by atoms with Crippen molar-refractivity contribution in [2.45, 2.75) is 38.8 Å². The minimum atomic E-state index is -0.471. The summed E-state index contributed by atoms with van der Waals surface area (Å²) in [5, 5.41) is 12.6. The molecule has 1 aliphatic heterocycles. The Labute approximate surface area is 198 Å². The maximum absolute atomic E-state index is 14.5. The Morgan fingerprint density at radius 2 is 2.09 bits per heavy atom. The second-order valence-electron chi connectivity index (χ2n) is 8.42. The first kappa shape index (κ1) is 22.2. The third-order valence-corrected chi connectivity index (χ3v) is 6.39. The van der Waals surface area contributed by atoms with E-state index in [1.165, 1.54) is 23.6 Å². The van der Waals surface area contributed by atoms with E-state index in [2.05, 4.69) is 20.7 Å². The number of aromatic nitrogens is 4. The molecule has 1 fully saturated rings. The Bertz CT molecular complexity index is 1350. The normalized spacial score (nSPS) is 15.9. The fraction of sp³-hybridized carbons (Fsp3) is 0.304. The van der Waals surface area contributed by atoms with E-state index in [-0.39, 0.29) is 18.0 Å². The number of nitrogens with zero attached hydrogens (tertiary/aromatic N) is 5. The van der Waals surface area contributed by atoms with Crippen LogP contribution in [-0.2, 0) is 0 Å². The average molecular weight is 484 g/mol. The summed E-state index contributed by atoms with van der Waals surface area (Å²) in [6.07, 6.45) is 4.77. The van der Waals surface area contributed by atoms with Crippen molar-refractivity contribution in [2.75, 3.05) is 22.1 Å². The Kier molecular flexibility index (Phi) is 5.86. The van der Waals surface area contributed by atoms with Gasteiger partial charge in [-0.2, -0.15) is 5.10 Å². The monoisotopic (exact) mass is 483 g/mol. The minimum absolute atomic E-state index is 0.208. The molecule has 0 radical (unpaired) electrons. The highest BCUT2D eigenvalue weighted by Gasteiger charge is 2.30. The number of thiazole rings is 1. The topological polar surface area (TPSA) is 87.4 Å². The van der Waals surface area contributed by atoms with Gasteiger partial charge in [0.1, 0.15) is 28.8 Å². The lowest BCUT2D eigenvalue weighted by molar-refractivity contribution is 0.102. The van der Waals surface area contributed by atoms with Gasteiger partial charge in [-0.3, -0.25) is 4.79 Å². The Morgan fingerprint density at radius 1 is 1.24 bits per heavy atom. The van der Waals surface area contributed by atoms with Gasteiger partial charge in [-0.05, 0) is 51.0 Å². The molecule has 1 aliphatic rings. The quantitative estimate of drug-likeness (QED) is 0.407. The third-order valence-electron chi connectivity index (χ3n) is 5.62. The molecule has 5 rings (SSSR count). The van der Waals surface area contributed by atoms with E-state index in [0.29, 0.717) is 46.5 Å². The highest BCUT2D eigenvalue weighted by molar-refractivity contribution is 7.13. The van der Waals surface area contributed by atoms with Crippen LogP contribution in [0.3, 0.4) is 0 Å². The molecule has 11 heteroatoms. The van der Waals surface area contributed by atoms with Crippen molar-refractivity contribution in [3.8, 4) is 0 Å². The van der Waals surface area contributed by atoms with Crippen molar-refractivity contribution in [3.63, 3.8) is 0 Å². The van der Waals surface area contributed by atoms with Gasteiger partial charge >= 0.3 is 0 Å². The number of rotatable bonds is 6.